The molecular weight excluding hydrogens is 287 g/mol. The van der Waals surface area contributed by atoms with Gasteiger partial charge in [0, 0.05) is 0 Å². The Morgan fingerprint density at radius 1 is 1.22 bits per heavy atom. The first-order valence-corrected chi connectivity index (χ1v) is 6.98. The average Bonchev–Trinajstić information content (AvgIpc) is 2.13. The van der Waals surface area contributed by atoms with Gasteiger partial charge in [0.15, 0.2) is 9.84 Å². The molecule has 0 amide bonds. The molecular formula is C10H10F3NO2S2. The SMILES string of the molecule is NC(=S)CS(=O)(=O)Cc1ccc(C(F)(F)F)cc1. The van der Waals surface area contributed by atoms with Crippen LogP contribution in [-0.4, -0.2) is 19.2 Å². The zero-order valence-corrected chi connectivity index (χ0v) is 10.7. The molecule has 0 spiro atoms. The Kier molecular flexibility index (Phi) is 4.33. The number of alkyl halides is 3. The van der Waals surface area contributed by atoms with Crippen LogP contribution in [0.1, 0.15) is 11.1 Å². The minimum atomic E-state index is -4.43. The van der Waals surface area contributed by atoms with Crippen LogP contribution in [0.4, 0.5) is 13.2 Å². The first-order chi connectivity index (χ1) is 8.10. The van der Waals surface area contributed by atoms with Crippen LogP contribution in [-0.2, 0) is 21.8 Å². The molecule has 0 radical (unpaired) electrons. The van der Waals surface area contributed by atoms with Gasteiger partial charge in [0.1, 0.15) is 5.75 Å². The summed E-state index contributed by atoms with van der Waals surface area (Å²) in [4.78, 5) is -0.165. The van der Waals surface area contributed by atoms with E-state index in [2.05, 4.69) is 12.2 Å². The Morgan fingerprint density at radius 3 is 2.11 bits per heavy atom. The third-order valence-electron chi connectivity index (χ3n) is 2.03. The Hall–Kier alpha value is -1.15. The molecule has 0 aromatic heterocycles. The number of thiocarbonyl (C=S) groups is 1. The molecule has 0 saturated heterocycles. The Morgan fingerprint density at radius 2 is 1.72 bits per heavy atom. The molecule has 0 saturated carbocycles. The fourth-order valence-electron chi connectivity index (χ4n) is 1.31. The maximum absolute atomic E-state index is 12.3. The number of halogens is 3. The fraction of sp³-hybridized carbons (Fsp3) is 0.300. The minimum absolute atomic E-state index is 0.165. The Labute approximate surface area is 108 Å². The molecule has 0 unspecified atom stereocenters. The van der Waals surface area contributed by atoms with E-state index in [0.29, 0.717) is 0 Å². The molecule has 0 heterocycles. The van der Waals surface area contributed by atoms with Crippen molar-refractivity contribution in [1.29, 1.82) is 0 Å². The monoisotopic (exact) mass is 297 g/mol. The molecule has 1 rings (SSSR count). The molecule has 0 aliphatic carbocycles. The second-order valence-corrected chi connectivity index (χ2v) is 6.28. The summed E-state index contributed by atoms with van der Waals surface area (Å²) in [5.41, 5.74) is 4.56. The van der Waals surface area contributed by atoms with Gasteiger partial charge in [-0.2, -0.15) is 13.2 Å². The highest BCUT2D eigenvalue weighted by Gasteiger charge is 2.30. The number of rotatable bonds is 4. The minimum Gasteiger partial charge on any atom is -0.392 e. The number of benzene rings is 1. The molecule has 0 aliphatic rings. The second-order valence-electron chi connectivity index (χ2n) is 3.69. The molecule has 100 valence electrons. The molecule has 8 heteroatoms. The zero-order chi connectivity index (χ0) is 14.0. The number of hydrogen-bond acceptors (Lipinski definition) is 3. The van der Waals surface area contributed by atoms with Crippen LogP contribution in [0.3, 0.4) is 0 Å². The van der Waals surface area contributed by atoms with Gasteiger partial charge in [-0.05, 0) is 17.7 Å². The van der Waals surface area contributed by atoms with E-state index in [1.54, 1.807) is 0 Å². The van der Waals surface area contributed by atoms with Crippen LogP contribution in [0.25, 0.3) is 0 Å². The summed E-state index contributed by atoms with van der Waals surface area (Å²) in [7, 11) is -3.53. The van der Waals surface area contributed by atoms with E-state index < -0.39 is 27.3 Å². The lowest BCUT2D eigenvalue weighted by Crippen LogP contribution is -2.22. The van der Waals surface area contributed by atoms with Crippen molar-refractivity contribution in [2.24, 2.45) is 5.73 Å². The summed E-state index contributed by atoms with van der Waals surface area (Å²) in [5, 5.41) is 0. The summed E-state index contributed by atoms with van der Waals surface area (Å²) >= 11 is 4.48. The second kappa shape index (κ2) is 5.23. The van der Waals surface area contributed by atoms with Crippen molar-refractivity contribution in [2.45, 2.75) is 11.9 Å². The molecule has 0 aliphatic heterocycles. The summed E-state index contributed by atoms with van der Waals surface area (Å²) in [6.45, 7) is 0. The topological polar surface area (TPSA) is 60.2 Å². The number of sulfone groups is 1. The van der Waals surface area contributed by atoms with E-state index in [9.17, 15) is 21.6 Å². The first-order valence-electron chi connectivity index (χ1n) is 4.75. The van der Waals surface area contributed by atoms with Gasteiger partial charge in [-0.25, -0.2) is 8.42 Å². The van der Waals surface area contributed by atoms with Crippen LogP contribution >= 0.6 is 12.2 Å². The van der Waals surface area contributed by atoms with Gasteiger partial charge in [-0.15, -0.1) is 0 Å². The summed E-state index contributed by atoms with van der Waals surface area (Å²) in [5.74, 6) is -0.841. The Bertz CT molecular complexity index is 535. The highest BCUT2D eigenvalue weighted by Crippen LogP contribution is 2.29. The fourth-order valence-corrected chi connectivity index (χ4v) is 3.09. The van der Waals surface area contributed by atoms with Crippen LogP contribution in [0.15, 0.2) is 24.3 Å². The number of hydrogen-bond donors (Lipinski definition) is 1. The highest BCUT2D eigenvalue weighted by molar-refractivity contribution is 7.93. The molecule has 1 aromatic carbocycles. The first kappa shape index (κ1) is 14.9. The standard InChI is InChI=1S/C10H10F3NO2S2/c11-10(12,13)8-3-1-7(2-4-8)5-18(15,16)6-9(14)17/h1-4H,5-6H2,(H2,14,17). The predicted octanol–water partition coefficient (Wildman–Crippen LogP) is 1.91. The molecule has 18 heavy (non-hydrogen) atoms. The van der Waals surface area contributed by atoms with E-state index in [1.807, 2.05) is 0 Å². The van der Waals surface area contributed by atoms with Gasteiger partial charge in [-0.3, -0.25) is 0 Å². The quantitative estimate of drug-likeness (QED) is 0.862. The lowest BCUT2D eigenvalue weighted by atomic mass is 10.1. The van der Waals surface area contributed by atoms with Crippen molar-refractivity contribution >= 4 is 27.0 Å². The van der Waals surface area contributed by atoms with Gasteiger partial charge in [-0.1, -0.05) is 24.4 Å². The number of nitrogens with two attached hydrogens (primary N) is 1. The van der Waals surface area contributed by atoms with Crippen LogP contribution < -0.4 is 5.73 Å². The van der Waals surface area contributed by atoms with Crippen molar-refractivity contribution in [3.05, 3.63) is 35.4 Å². The van der Waals surface area contributed by atoms with E-state index >= 15 is 0 Å². The third-order valence-corrected chi connectivity index (χ3v) is 3.88. The lowest BCUT2D eigenvalue weighted by Gasteiger charge is -2.08. The van der Waals surface area contributed by atoms with Crippen molar-refractivity contribution in [3.63, 3.8) is 0 Å². The third kappa shape index (κ3) is 4.61. The van der Waals surface area contributed by atoms with Gasteiger partial charge in [0.05, 0.1) is 16.3 Å². The van der Waals surface area contributed by atoms with E-state index in [4.69, 9.17) is 5.73 Å². The molecule has 0 atom stereocenters. The average molecular weight is 297 g/mol. The molecule has 0 fully saturated rings. The summed E-state index contributed by atoms with van der Waals surface area (Å²) in [6.07, 6.45) is -4.43. The van der Waals surface area contributed by atoms with Crippen molar-refractivity contribution in [2.75, 3.05) is 5.75 Å². The molecule has 0 bridgehead atoms. The largest absolute Gasteiger partial charge is 0.416 e. The Balaban J connectivity index is 2.85. The smallest absolute Gasteiger partial charge is 0.392 e. The lowest BCUT2D eigenvalue weighted by molar-refractivity contribution is -0.137. The van der Waals surface area contributed by atoms with Crippen molar-refractivity contribution in [1.82, 2.24) is 0 Å². The molecule has 2 N–H and O–H groups in total. The maximum Gasteiger partial charge on any atom is 0.416 e. The van der Waals surface area contributed by atoms with E-state index in [0.717, 1.165) is 24.3 Å². The summed E-state index contributed by atoms with van der Waals surface area (Å²) < 4.78 is 59.8. The summed E-state index contributed by atoms with van der Waals surface area (Å²) in [6, 6.07) is 3.93. The van der Waals surface area contributed by atoms with Crippen molar-refractivity contribution in [3.8, 4) is 0 Å². The van der Waals surface area contributed by atoms with Crippen LogP contribution in [0.5, 0.6) is 0 Å². The van der Waals surface area contributed by atoms with Gasteiger partial charge in [0.2, 0.25) is 0 Å². The molecule has 1 aromatic rings. The molecule has 3 nitrogen and oxygen atoms in total. The zero-order valence-electron chi connectivity index (χ0n) is 9.07. The van der Waals surface area contributed by atoms with E-state index in [-0.39, 0.29) is 16.3 Å². The van der Waals surface area contributed by atoms with Crippen LogP contribution in [0, 0.1) is 0 Å². The van der Waals surface area contributed by atoms with E-state index in [1.165, 1.54) is 0 Å². The van der Waals surface area contributed by atoms with Gasteiger partial charge >= 0.3 is 6.18 Å². The van der Waals surface area contributed by atoms with Gasteiger partial charge < -0.3 is 5.73 Å². The maximum atomic E-state index is 12.3. The highest BCUT2D eigenvalue weighted by atomic mass is 32.2. The normalized spacial score (nSPS) is 12.4. The van der Waals surface area contributed by atoms with Crippen molar-refractivity contribution < 1.29 is 21.6 Å². The van der Waals surface area contributed by atoms with Crippen LogP contribution in [0.2, 0.25) is 0 Å². The van der Waals surface area contributed by atoms with Gasteiger partial charge in [0.25, 0.3) is 0 Å². The predicted molar refractivity (Wildman–Crippen MR) is 65.7 cm³/mol.